The first-order chi connectivity index (χ1) is 12.2. The van der Waals surface area contributed by atoms with Crippen LogP contribution in [0.3, 0.4) is 0 Å². The largest absolute Gasteiger partial charge is 0.381 e. The van der Waals surface area contributed by atoms with E-state index in [0.29, 0.717) is 11.6 Å². The van der Waals surface area contributed by atoms with Crippen molar-refractivity contribution in [1.82, 2.24) is 15.2 Å². The van der Waals surface area contributed by atoms with Crippen molar-refractivity contribution in [3.8, 4) is 11.1 Å². The number of ketones is 1. The molecule has 4 rings (SSSR count). The van der Waals surface area contributed by atoms with Gasteiger partial charge in [-0.1, -0.05) is 19.1 Å². The molecule has 1 N–H and O–H groups in total. The van der Waals surface area contributed by atoms with E-state index < -0.39 is 0 Å². The Hall–Kier alpha value is -2.53. The number of ether oxygens (including phenoxy) is 1. The Bertz CT molecular complexity index is 882. The van der Waals surface area contributed by atoms with Crippen LogP contribution in [-0.2, 0) is 4.74 Å². The van der Waals surface area contributed by atoms with Crippen molar-refractivity contribution >= 4 is 16.7 Å². The Kier molecular flexibility index (Phi) is 4.32. The number of carbonyl (C=O) groups is 1. The predicted molar refractivity (Wildman–Crippen MR) is 96.4 cm³/mol. The molecule has 0 aliphatic carbocycles. The zero-order chi connectivity index (χ0) is 17.2. The third kappa shape index (κ3) is 3.07. The molecular formula is C20H21N3O2. The molecule has 1 unspecified atom stereocenters. The van der Waals surface area contributed by atoms with E-state index in [4.69, 9.17) is 4.74 Å². The fourth-order valence-corrected chi connectivity index (χ4v) is 3.56. The van der Waals surface area contributed by atoms with Crippen LogP contribution in [0.15, 0.2) is 42.7 Å². The topological polar surface area (TPSA) is 67.9 Å². The number of carbonyl (C=O) groups excluding carboxylic acids is 1. The van der Waals surface area contributed by atoms with E-state index >= 15 is 0 Å². The first-order valence-corrected chi connectivity index (χ1v) is 8.74. The molecule has 25 heavy (non-hydrogen) atoms. The highest BCUT2D eigenvalue weighted by atomic mass is 16.5. The lowest BCUT2D eigenvalue weighted by Gasteiger charge is -2.26. The zero-order valence-electron chi connectivity index (χ0n) is 14.2. The maximum absolute atomic E-state index is 13.0. The van der Waals surface area contributed by atoms with Gasteiger partial charge in [0.25, 0.3) is 0 Å². The van der Waals surface area contributed by atoms with Crippen molar-refractivity contribution in [2.45, 2.75) is 19.8 Å². The second-order valence-corrected chi connectivity index (χ2v) is 6.68. The van der Waals surface area contributed by atoms with Gasteiger partial charge < -0.3 is 4.74 Å². The van der Waals surface area contributed by atoms with Crippen molar-refractivity contribution in [3.63, 3.8) is 0 Å². The number of rotatable bonds is 4. The molecule has 5 heteroatoms. The number of hydrogen-bond donors (Lipinski definition) is 1. The monoisotopic (exact) mass is 335 g/mol. The summed E-state index contributed by atoms with van der Waals surface area (Å²) in [5.74, 6) is 0.438. The molecule has 3 aromatic rings. The number of benzene rings is 1. The summed E-state index contributed by atoms with van der Waals surface area (Å²) in [4.78, 5) is 17.2. The molecule has 1 atom stereocenters. The SMILES string of the molecule is CC(C(=O)c1n[nH]c2ccc(-c3cccnc3)cc12)C1CCOCC1. The summed E-state index contributed by atoms with van der Waals surface area (Å²) in [5, 5.41) is 8.20. The van der Waals surface area contributed by atoms with E-state index in [2.05, 4.69) is 15.2 Å². The number of pyridine rings is 1. The van der Waals surface area contributed by atoms with E-state index in [-0.39, 0.29) is 11.7 Å². The van der Waals surface area contributed by atoms with Gasteiger partial charge in [0.15, 0.2) is 5.78 Å². The number of hydrogen-bond acceptors (Lipinski definition) is 4. The summed E-state index contributed by atoms with van der Waals surface area (Å²) in [7, 11) is 0. The minimum Gasteiger partial charge on any atom is -0.381 e. The second-order valence-electron chi connectivity index (χ2n) is 6.68. The molecule has 0 bridgehead atoms. The number of Topliss-reactive ketones (excluding diaryl/α,β-unsaturated/α-hetero) is 1. The fraction of sp³-hybridized carbons (Fsp3) is 0.350. The van der Waals surface area contributed by atoms with Gasteiger partial charge in [-0.15, -0.1) is 0 Å². The molecule has 3 heterocycles. The van der Waals surface area contributed by atoms with Crippen LogP contribution >= 0.6 is 0 Å². The average molecular weight is 335 g/mol. The lowest BCUT2D eigenvalue weighted by molar-refractivity contribution is 0.0457. The Morgan fingerprint density at radius 2 is 2.08 bits per heavy atom. The van der Waals surface area contributed by atoms with Crippen LogP contribution in [0.25, 0.3) is 22.0 Å². The molecular weight excluding hydrogens is 314 g/mol. The van der Waals surface area contributed by atoms with E-state index in [1.807, 2.05) is 43.5 Å². The van der Waals surface area contributed by atoms with Crippen molar-refractivity contribution in [1.29, 1.82) is 0 Å². The number of nitrogens with one attached hydrogen (secondary N) is 1. The highest BCUT2D eigenvalue weighted by Gasteiger charge is 2.29. The van der Waals surface area contributed by atoms with Gasteiger partial charge in [-0.25, -0.2) is 0 Å². The van der Waals surface area contributed by atoms with Gasteiger partial charge in [-0.3, -0.25) is 14.9 Å². The van der Waals surface area contributed by atoms with E-state index in [1.54, 1.807) is 6.20 Å². The van der Waals surface area contributed by atoms with Crippen LogP contribution in [0.2, 0.25) is 0 Å². The molecule has 0 spiro atoms. The standard InChI is InChI=1S/C20H21N3O2/c1-13(14-6-9-25-10-7-14)20(24)19-17-11-15(4-5-18(17)22-23-19)16-3-2-8-21-12-16/h2-5,8,11-14H,6-7,9-10H2,1H3,(H,22,23). The average Bonchev–Trinajstić information content (AvgIpc) is 3.11. The molecule has 0 amide bonds. The van der Waals surface area contributed by atoms with Crippen molar-refractivity contribution in [2.75, 3.05) is 13.2 Å². The summed E-state index contributed by atoms with van der Waals surface area (Å²) in [6, 6.07) is 9.95. The summed E-state index contributed by atoms with van der Waals surface area (Å²) in [6.45, 7) is 3.51. The van der Waals surface area contributed by atoms with Crippen LogP contribution in [0.4, 0.5) is 0 Å². The van der Waals surface area contributed by atoms with Gasteiger partial charge in [0, 0.05) is 42.5 Å². The molecule has 1 aromatic carbocycles. The highest BCUT2D eigenvalue weighted by molar-refractivity contribution is 6.07. The Labute approximate surface area is 146 Å². The Balaban J connectivity index is 1.68. The summed E-state index contributed by atoms with van der Waals surface area (Å²) in [5.41, 5.74) is 3.49. The normalized spacial score (nSPS) is 16.8. The number of H-pyrrole nitrogens is 1. The molecule has 2 aromatic heterocycles. The van der Waals surface area contributed by atoms with E-state index in [1.165, 1.54) is 0 Å². The highest BCUT2D eigenvalue weighted by Crippen LogP contribution is 2.30. The summed E-state index contributed by atoms with van der Waals surface area (Å²) in [6.07, 6.45) is 5.46. The Morgan fingerprint density at radius 1 is 1.24 bits per heavy atom. The number of nitrogens with zero attached hydrogens (tertiary/aromatic N) is 2. The maximum atomic E-state index is 13.0. The smallest absolute Gasteiger partial charge is 0.186 e. The van der Waals surface area contributed by atoms with Gasteiger partial charge in [0.1, 0.15) is 5.69 Å². The van der Waals surface area contributed by atoms with Crippen LogP contribution in [0.5, 0.6) is 0 Å². The molecule has 1 aliphatic heterocycles. The molecule has 128 valence electrons. The van der Waals surface area contributed by atoms with Gasteiger partial charge in [0.05, 0.1) is 5.52 Å². The molecule has 1 fully saturated rings. The number of fused-ring (bicyclic) bond motifs is 1. The molecule has 1 saturated heterocycles. The lowest BCUT2D eigenvalue weighted by atomic mass is 9.83. The molecule has 0 saturated carbocycles. The zero-order valence-corrected chi connectivity index (χ0v) is 14.2. The fourth-order valence-electron chi connectivity index (χ4n) is 3.56. The van der Waals surface area contributed by atoms with Gasteiger partial charge in [-0.2, -0.15) is 5.10 Å². The van der Waals surface area contributed by atoms with Crippen molar-refractivity contribution < 1.29 is 9.53 Å². The van der Waals surface area contributed by atoms with Crippen molar-refractivity contribution in [3.05, 3.63) is 48.4 Å². The van der Waals surface area contributed by atoms with E-state index in [0.717, 1.165) is 48.1 Å². The molecule has 5 nitrogen and oxygen atoms in total. The minimum atomic E-state index is -0.0440. The predicted octanol–water partition coefficient (Wildman–Crippen LogP) is 3.87. The van der Waals surface area contributed by atoms with Crippen LogP contribution in [-0.4, -0.2) is 34.2 Å². The van der Waals surface area contributed by atoms with Gasteiger partial charge in [-0.05, 0) is 42.5 Å². The summed E-state index contributed by atoms with van der Waals surface area (Å²) >= 11 is 0. The quantitative estimate of drug-likeness (QED) is 0.735. The second kappa shape index (κ2) is 6.76. The first-order valence-electron chi connectivity index (χ1n) is 8.74. The minimum absolute atomic E-state index is 0.0440. The lowest BCUT2D eigenvalue weighted by Crippen LogP contribution is -2.27. The van der Waals surface area contributed by atoms with Crippen LogP contribution < -0.4 is 0 Å². The van der Waals surface area contributed by atoms with Crippen molar-refractivity contribution in [2.24, 2.45) is 11.8 Å². The third-order valence-corrected chi connectivity index (χ3v) is 5.18. The Morgan fingerprint density at radius 3 is 2.84 bits per heavy atom. The number of aromatic nitrogens is 3. The van der Waals surface area contributed by atoms with Gasteiger partial charge in [0.2, 0.25) is 0 Å². The van der Waals surface area contributed by atoms with E-state index in [9.17, 15) is 4.79 Å². The van der Waals surface area contributed by atoms with Crippen LogP contribution in [0.1, 0.15) is 30.3 Å². The molecule has 1 aliphatic rings. The molecule has 0 radical (unpaired) electrons. The third-order valence-electron chi connectivity index (χ3n) is 5.18. The first kappa shape index (κ1) is 16.0. The number of aromatic amines is 1. The van der Waals surface area contributed by atoms with Crippen LogP contribution in [0, 0.1) is 11.8 Å². The van der Waals surface area contributed by atoms with Gasteiger partial charge >= 0.3 is 0 Å². The summed E-state index contributed by atoms with van der Waals surface area (Å²) < 4.78 is 5.42. The maximum Gasteiger partial charge on any atom is 0.186 e.